The number of amides is 1. The quantitative estimate of drug-likeness (QED) is 0.941. The fourth-order valence-electron chi connectivity index (χ4n) is 2.54. The Bertz CT molecular complexity index is 651. The van der Waals surface area contributed by atoms with Crippen molar-refractivity contribution < 1.29 is 9.18 Å². The molecule has 1 N–H and O–H groups in total. The first-order valence-corrected chi connectivity index (χ1v) is 7.94. The van der Waals surface area contributed by atoms with Gasteiger partial charge in [0.05, 0.1) is 12.1 Å². The van der Waals surface area contributed by atoms with Crippen LogP contribution in [-0.4, -0.2) is 10.9 Å². The van der Waals surface area contributed by atoms with Gasteiger partial charge >= 0.3 is 0 Å². The molecule has 0 saturated carbocycles. The lowest BCUT2D eigenvalue weighted by molar-refractivity contribution is -0.115. The molecule has 0 spiro atoms. The zero-order valence-corrected chi connectivity index (χ0v) is 12.7. The van der Waals surface area contributed by atoms with Gasteiger partial charge in [-0.3, -0.25) is 4.79 Å². The Labute approximate surface area is 127 Å². The molecule has 0 bridgehead atoms. The van der Waals surface area contributed by atoms with Crippen molar-refractivity contribution in [2.24, 2.45) is 5.92 Å². The standard InChI is InChI=1S/C16H17FN2OS/c1-10-2-7-13-14(8-10)21-16(18-13)19-15(20)9-11-3-5-12(17)6-4-11/h3-6,10H,2,7-9H2,1H3,(H,18,19,20)/t10-/m0/s1. The van der Waals surface area contributed by atoms with Crippen molar-refractivity contribution in [3.63, 3.8) is 0 Å². The summed E-state index contributed by atoms with van der Waals surface area (Å²) in [5.74, 6) is 0.294. The van der Waals surface area contributed by atoms with Crippen LogP contribution in [0, 0.1) is 11.7 Å². The number of thiazole rings is 1. The van der Waals surface area contributed by atoms with Crippen molar-refractivity contribution in [1.29, 1.82) is 0 Å². The molecule has 110 valence electrons. The number of rotatable bonds is 3. The Balaban J connectivity index is 1.64. The molecular weight excluding hydrogens is 287 g/mol. The molecule has 2 aromatic rings. The number of halogens is 1. The number of aryl methyl sites for hydroxylation is 1. The minimum Gasteiger partial charge on any atom is -0.302 e. The lowest BCUT2D eigenvalue weighted by Gasteiger charge is -2.15. The first kappa shape index (κ1) is 14.2. The van der Waals surface area contributed by atoms with Gasteiger partial charge in [0.15, 0.2) is 5.13 Å². The molecule has 3 rings (SSSR count). The molecule has 0 fully saturated rings. The highest BCUT2D eigenvalue weighted by molar-refractivity contribution is 7.15. The Hall–Kier alpha value is -1.75. The number of hydrogen-bond acceptors (Lipinski definition) is 3. The van der Waals surface area contributed by atoms with Crippen molar-refractivity contribution in [1.82, 2.24) is 4.98 Å². The van der Waals surface area contributed by atoms with Gasteiger partial charge in [-0.1, -0.05) is 19.1 Å². The van der Waals surface area contributed by atoms with E-state index >= 15 is 0 Å². The van der Waals surface area contributed by atoms with Gasteiger partial charge in [0.25, 0.3) is 0 Å². The zero-order valence-electron chi connectivity index (χ0n) is 11.9. The molecule has 5 heteroatoms. The molecule has 0 saturated heterocycles. The minimum absolute atomic E-state index is 0.110. The summed E-state index contributed by atoms with van der Waals surface area (Å²) in [4.78, 5) is 17.8. The Kier molecular flexibility index (Phi) is 4.01. The maximum absolute atomic E-state index is 12.8. The highest BCUT2D eigenvalue weighted by Gasteiger charge is 2.20. The van der Waals surface area contributed by atoms with Gasteiger partial charge < -0.3 is 5.32 Å². The van der Waals surface area contributed by atoms with E-state index in [1.807, 2.05) is 0 Å². The van der Waals surface area contributed by atoms with E-state index in [0.717, 1.165) is 24.1 Å². The summed E-state index contributed by atoms with van der Waals surface area (Å²) in [6.45, 7) is 2.25. The average molecular weight is 304 g/mol. The van der Waals surface area contributed by atoms with Gasteiger partial charge in [-0.05, 0) is 42.9 Å². The van der Waals surface area contributed by atoms with Crippen LogP contribution in [0.15, 0.2) is 24.3 Å². The van der Waals surface area contributed by atoms with Crippen molar-refractivity contribution in [3.8, 4) is 0 Å². The monoisotopic (exact) mass is 304 g/mol. The predicted molar refractivity (Wildman–Crippen MR) is 82.0 cm³/mol. The van der Waals surface area contributed by atoms with E-state index in [2.05, 4.69) is 17.2 Å². The lowest BCUT2D eigenvalue weighted by Crippen LogP contribution is -2.14. The van der Waals surface area contributed by atoms with Crippen LogP contribution in [0.4, 0.5) is 9.52 Å². The molecule has 1 aliphatic rings. The number of hydrogen-bond donors (Lipinski definition) is 1. The van der Waals surface area contributed by atoms with E-state index in [0.29, 0.717) is 11.0 Å². The number of carbonyl (C=O) groups is 1. The van der Waals surface area contributed by atoms with Crippen LogP contribution in [0.5, 0.6) is 0 Å². The van der Waals surface area contributed by atoms with Crippen molar-refractivity contribution in [3.05, 3.63) is 46.2 Å². The van der Waals surface area contributed by atoms with Gasteiger partial charge in [-0.15, -0.1) is 11.3 Å². The smallest absolute Gasteiger partial charge is 0.230 e. The number of carbonyl (C=O) groups excluding carboxylic acids is 1. The molecule has 1 aromatic heterocycles. The second-order valence-corrected chi connectivity index (χ2v) is 6.67. The lowest BCUT2D eigenvalue weighted by atomic mass is 9.93. The molecule has 1 heterocycles. The van der Waals surface area contributed by atoms with Gasteiger partial charge in [-0.25, -0.2) is 9.37 Å². The maximum Gasteiger partial charge on any atom is 0.230 e. The van der Waals surface area contributed by atoms with Crippen molar-refractivity contribution in [2.75, 3.05) is 5.32 Å². The molecule has 1 amide bonds. The van der Waals surface area contributed by atoms with E-state index in [1.165, 1.54) is 23.4 Å². The molecule has 21 heavy (non-hydrogen) atoms. The second kappa shape index (κ2) is 5.93. The molecule has 1 aliphatic carbocycles. The van der Waals surface area contributed by atoms with Crippen LogP contribution in [-0.2, 0) is 24.1 Å². The molecule has 0 unspecified atom stereocenters. The van der Waals surface area contributed by atoms with Gasteiger partial charge in [0.1, 0.15) is 5.82 Å². The average Bonchev–Trinajstić information content (AvgIpc) is 2.82. The summed E-state index contributed by atoms with van der Waals surface area (Å²) in [5.41, 5.74) is 1.93. The zero-order chi connectivity index (χ0) is 14.8. The molecule has 1 atom stereocenters. The van der Waals surface area contributed by atoms with Crippen LogP contribution in [0.3, 0.4) is 0 Å². The molecular formula is C16H17FN2OS. The summed E-state index contributed by atoms with van der Waals surface area (Å²) in [6.07, 6.45) is 3.46. The summed E-state index contributed by atoms with van der Waals surface area (Å²) in [7, 11) is 0. The van der Waals surface area contributed by atoms with Crippen LogP contribution in [0.1, 0.15) is 29.5 Å². The minimum atomic E-state index is -0.291. The normalized spacial score (nSPS) is 17.3. The molecule has 3 nitrogen and oxygen atoms in total. The highest BCUT2D eigenvalue weighted by Crippen LogP contribution is 2.32. The third kappa shape index (κ3) is 3.47. The topological polar surface area (TPSA) is 42.0 Å². The second-order valence-electron chi connectivity index (χ2n) is 5.59. The number of anilines is 1. The van der Waals surface area contributed by atoms with E-state index in [-0.39, 0.29) is 18.1 Å². The number of nitrogens with one attached hydrogen (secondary N) is 1. The Morgan fingerprint density at radius 1 is 1.43 bits per heavy atom. The third-order valence-electron chi connectivity index (χ3n) is 3.71. The third-order valence-corrected chi connectivity index (χ3v) is 4.75. The Morgan fingerprint density at radius 2 is 2.19 bits per heavy atom. The number of fused-ring (bicyclic) bond motifs is 1. The first-order chi connectivity index (χ1) is 10.1. The largest absolute Gasteiger partial charge is 0.302 e. The van der Waals surface area contributed by atoms with Gasteiger partial charge in [-0.2, -0.15) is 0 Å². The van der Waals surface area contributed by atoms with Crippen LogP contribution in [0.2, 0.25) is 0 Å². The van der Waals surface area contributed by atoms with E-state index in [4.69, 9.17) is 0 Å². The number of benzene rings is 1. The summed E-state index contributed by atoms with van der Waals surface area (Å²) < 4.78 is 12.8. The fourth-order valence-corrected chi connectivity index (χ4v) is 3.73. The van der Waals surface area contributed by atoms with Crippen molar-refractivity contribution >= 4 is 22.4 Å². The van der Waals surface area contributed by atoms with Crippen LogP contribution < -0.4 is 5.32 Å². The fraction of sp³-hybridized carbons (Fsp3) is 0.375. The van der Waals surface area contributed by atoms with E-state index in [9.17, 15) is 9.18 Å². The van der Waals surface area contributed by atoms with Gasteiger partial charge in [0.2, 0.25) is 5.91 Å². The SMILES string of the molecule is C[C@H]1CCc2nc(NC(=O)Cc3ccc(F)cc3)sc2C1. The highest BCUT2D eigenvalue weighted by atomic mass is 32.1. The molecule has 1 aromatic carbocycles. The van der Waals surface area contributed by atoms with Crippen LogP contribution >= 0.6 is 11.3 Å². The Morgan fingerprint density at radius 3 is 2.95 bits per heavy atom. The number of nitrogens with zero attached hydrogens (tertiary/aromatic N) is 1. The van der Waals surface area contributed by atoms with Crippen LogP contribution in [0.25, 0.3) is 0 Å². The molecule has 0 aliphatic heterocycles. The summed E-state index contributed by atoms with van der Waals surface area (Å²) in [5, 5.41) is 3.53. The van der Waals surface area contributed by atoms with Gasteiger partial charge in [0, 0.05) is 4.88 Å². The van der Waals surface area contributed by atoms with E-state index < -0.39 is 0 Å². The summed E-state index contributed by atoms with van der Waals surface area (Å²) >= 11 is 1.58. The van der Waals surface area contributed by atoms with E-state index in [1.54, 1.807) is 23.5 Å². The number of aromatic nitrogens is 1. The summed E-state index contributed by atoms with van der Waals surface area (Å²) in [6, 6.07) is 5.99. The predicted octanol–water partition coefficient (Wildman–Crippen LogP) is 3.59. The maximum atomic E-state index is 12.8. The van der Waals surface area contributed by atoms with Crippen molar-refractivity contribution in [2.45, 2.75) is 32.6 Å². The first-order valence-electron chi connectivity index (χ1n) is 7.13. The molecule has 0 radical (unpaired) electrons.